The van der Waals surface area contributed by atoms with Gasteiger partial charge in [0.25, 0.3) is 5.91 Å². The van der Waals surface area contributed by atoms with Gasteiger partial charge in [0.05, 0.1) is 5.37 Å². The van der Waals surface area contributed by atoms with E-state index >= 15 is 0 Å². The van der Waals surface area contributed by atoms with Crippen LogP contribution in [0.2, 0.25) is 0 Å². The molecule has 0 heterocycles. The van der Waals surface area contributed by atoms with Gasteiger partial charge in [-0.05, 0) is 0 Å². The van der Waals surface area contributed by atoms with Crippen molar-refractivity contribution in [3.05, 3.63) is 0 Å². The summed E-state index contributed by atoms with van der Waals surface area (Å²) in [4.78, 5) is 12.5. The molecule has 0 radical (unpaired) electrons. The van der Waals surface area contributed by atoms with Gasteiger partial charge in [0.15, 0.2) is 0 Å². The molecule has 0 bridgehead atoms. The van der Waals surface area contributed by atoms with Crippen molar-refractivity contribution in [2.75, 3.05) is 26.2 Å². The van der Waals surface area contributed by atoms with E-state index in [2.05, 4.69) is 12.2 Å². The maximum absolute atomic E-state index is 10.9. The van der Waals surface area contributed by atoms with Crippen LogP contribution >= 0.6 is 12.2 Å². The van der Waals surface area contributed by atoms with Gasteiger partial charge >= 0.3 is 0 Å². The standard InChI is InChI=1S/C6H13N3OS/c7-1-3-9(4-2-8)6(10)5-11/h5H,1-4,7-8H2. The summed E-state index contributed by atoms with van der Waals surface area (Å²) in [5.74, 6) is -0.184. The average molecular weight is 175 g/mol. The third kappa shape index (κ3) is 4.02. The van der Waals surface area contributed by atoms with Crippen molar-refractivity contribution in [1.82, 2.24) is 4.90 Å². The van der Waals surface area contributed by atoms with Gasteiger partial charge in [-0.3, -0.25) is 4.79 Å². The molecule has 4 nitrogen and oxygen atoms in total. The van der Waals surface area contributed by atoms with Crippen LogP contribution in [-0.2, 0) is 4.79 Å². The third-order valence-corrected chi connectivity index (χ3v) is 1.41. The summed E-state index contributed by atoms with van der Waals surface area (Å²) in [5, 5.41) is 1.10. The van der Waals surface area contributed by atoms with E-state index in [1.807, 2.05) is 0 Å². The lowest BCUT2D eigenvalue weighted by Crippen LogP contribution is -2.39. The minimum Gasteiger partial charge on any atom is -0.336 e. The van der Waals surface area contributed by atoms with Gasteiger partial charge in [0.2, 0.25) is 0 Å². The fourth-order valence-corrected chi connectivity index (χ4v) is 0.867. The second-order valence-electron chi connectivity index (χ2n) is 2.02. The third-order valence-electron chi connectivity index (χ3n) is 1.21. The molecule has 0 fully saturated rings. The van der Waals surface area contributed by atoms with Crippen LogP contribution in [0.15, 0.2) is 0 Å². The van der Waals surface area contributed by atoms with Gasteiger partial charge in [-0.25, -0.2) is 0 Å². The van der Waals surface area contributed by atoms with E-state index in [1.165, 1.54) is 4.90 Å². The highest BCUT2D eigenvalue weighted by Gasteiger charge is 2.06. The summed E-state index contributed by atoms with van der Waals surface area (Å²) in [6, 6.07) is 0. The van der Waals surface area contributed by atoms with Crippen molar-refractivity contribution in [2.45, 2.75) is 0 Å². The van der Waals surface area contributed by atoms with Crippen molar-refractivity contribution in [3.63, 3.8) is 0 Å². The van der Waals surface area contributed by atoms with Crippen molar-refractivity contribution in [3.8, 4) is 0 Å². The van der Waals surface area contributed by atoms with Crippen LogP contribution < -0.4 is 11.5 Å². The molecule has 11 heavy (non-hydrogen) atoms. The lowest BCUT2D eigenvalue weighted by Gasteiger charge is -2.18. The largest absolute Gasteiger partial charge is 0.336 e. The number of amides is 1. The number of carbonyl (C=O) groups is 1. The van der Waals surface area contributed by atoms with Gasteiger partial charge in [0, 0.05) is 26.2 Å². The number of nitrogens with two attached hydrogens (primary N) is 2. The van der Waals surface area contributed by atoms with Gasteiger partial charge in [0.1, 0.15) is 0 Å². The Kier molecular flexibility index (Phi) is 5.91. The molecule has 0 aromatic rings. The molecule has 0 saturated heterocycles. The summed E-state index contributed by atoms with van der Waals surface area (Å²) in [6.07, 6.45) is 0. The maximum atomic E-state index is 10.9. The van der Waals surface area contributed by atoms with Crippen LogP contribution in [0.25, 0.3) is 0 Å². The first-order valence-electron chi connectivity index (χ1n) is 3.40. The number of hydrogen-bond donors (Lipinski definition) is 2. The normalized spacial score (nSPS) is 9.27. The number of hydrogen-bond acceptors (Lipinski definition) is 4. The van der Waals surface area contributed by atoms with Crippen molar-refractivity contribution < 1.29 is 4.79 Å². The van der Waals surface area contributed by atoms with Gasteiger partial charge in [-0.15, -0.1) is 0 Å². The molecule has 4 N–H and O–H groups in total. The molecule has 0 unspecified atom stereocenters. The lowest BCUT2D eigenvalue weighted by molar-refractivity contribution is -0.123. The van der Waals surface area contributed by atoms with E-state index in [4.69, 9.17) is 11.5 Å². The molecule has 5 heteroatoms. The van der Waals surface area contributed by atoms with E-state index in [-0.39, 0.29) is 5.91 Å². The fourth-order valence-electron chi connectivity index (χ4n) is 0.718. The SMILES string of the molecule is NCCN(CCN)C(=O)C=S. The first kappa shape index (κ1) is 10.5. The zero-order valence-corrected chi connectivity index (χ0v) is 7.14. The second-order valence-corrected chi connectivity index (χ2v) is 2.26. The molecule has 0 saturated carbocycles. The van der Waals surface area contributed by atoms with E-state index in [0.29, 0.717) is 26.2 Å². The fraction of sp³-hybridized carbons (Fsp3) is 0.667. The zero-order valence-electron chi connectivity index (χ0n) is 6.32. The van der Waals surface area contributed by atoms with Gasteiger partial charge in [-0.1, -0.05) is 12.2 Å². The van der Waals surface area contributed by atoms with E-state index < -0.39 is 0 Å². The Hall–Kier alpha value is -0.520. The quantitative estimate of drug-likeness (QED) is 0.511. The second kappa shape index (κ2) is 6.21. The summed E-state index contributed by atoms with van der Waals surface area (Å²) < 4.78 is 0. The molecule has 0 aromatic heterocycles. The monoisotopic (exact) mass is 175 g/mol. The average Bonchev–Trinajstić information content (AvgIpc) is 2.03. The predicted octanol–water partition coefficient (Wildman–Crippen LogP) is -1.27. The zero-order chi connectivity index (χ0) is 8.69. The van der Waals surface area contributed by atoms with E-state index in [0.717, 1.165) is 5.37 Å². The smallest absolute Gasteiger partial charge is 0.257 e. The minimum absolute atomic E-state index is 0.184. The van der Waals surface area contributed by atoms with E-state index in [9.17, 15) is 4.79 Å². The van der Waals surface area contributed by atoms with Crippen LogP contribution in [-0.4, -0.2) is 42.4 Å². The Bertz CT molecular complexity index is 134. The molecule has 64 valence electrons. The first-order valence-corrected chi connectivity index (χ1v) is 3.87. The highest BCUT2D eigenvalue weighted by atomic mass is 32.1. The molecular weight excluding hydrogens is 162 g/mol. The molecule has 1 amide bonds. The van der Waals surface area contributed by atoms with Crippen molar-refractivity contribution in [1.29, 1.82) is 0 Å². The summed E-state index contributed by atoms with van der Waals surface area (Å²) in [5.41, 5.74) is 10.5. The summed E-state index contributed by atoms with van der Waals surface area (Å²) in [6.45, 7) is 1.91. The van der Waals surface area contributed by atoms with Crippen LogP contribution in [0.1, 0.15) is 0 Å². The summed E-state index contributed by atoms with van der Waals surface area (Å²) >= 11 is 4.48. The molecule has 0 aliphatic rings. The Morgan fingerprint density at radius 2 is 1.82 bits per heavy atom. The predicted molar refractivity (Wildman–Crippen MR) is 48.3 cm³/mol. The first-order chi connectivity index (χ1) is 5.26. The van der Waals surface area contributed by atoms with Crippen molar-refractivity contribution >= 4 is 23.5 Å². The minimum atomic E-state index is -0.184. The molecule has 0 aromatic carbocycles. The number of carbonyl (C=O) groups excluding carboxylic acids is 1. The number of thiocarbonyl (C=S) groups is 1. The molecule has 0 aliphatic heterocycles. The Morgan fingerprint density at radius 1 is 1.36 bits per heavy atom. The maximum Gasteiger partial charge on any atom is 0.257 e. The molecule has 0 aliphatic carbocycles. The Balaban J connectivity index is 3.86. The molecule has 0 atom stereocenters. The van der Waals surface area contributed by atoms with Crippen LogP contribution in [0.5, 0.6) is 0 Å². The number of nitrogens with zero attached hydrogens (tertiary/aromatic N) is 1. The van der Waals surface area contributed by atoms with Crippen LogP contribution in [0, 0.1) is 0 Å². The van der Waals surface area contributed by atoms with Gasteiger partial charge in [-0.2, -0.15) is 0 Å². The lowest BCUT2D eigenvalue weighted by atomic mass is 10.4. The topological polar surface area (TPSA) is 72.3 Å². The summed E-state index contributed by atoms with van der Waals surface area (Å²) in [7, 11) is 0. The van der Waals surface area contributed by atoms with Crippen molar-refractivity contribution in [2.24, 2.45) is 11.5 Å². The van der Waals surface area contributed by atoms with Gasteiger partial charge < -0.3 is 16.4 Å². The Morgan fingerprint density at radius 3 is 2.09 bits per heavy atom. The highest BCUT2D eigenvalue weighted by molar-refractivity contribution is 7.80. The van der Waals surface area contributed by atoms with Crippen LogP contribution in [0.3, 0.4) is 0 Å². The highest BCUT2D eigenvalue weighted by Crippen LogP contribution is 1.85. The molecular formula is C6H13N3OS. The van der Waals surface area contributed by atoms with E-state index in [1.54, 1.807) is 0 Å². The number of rotatable bonds is 5. The van der Waals surface area contributed by atoms with Crippen LogP contribution in [0.4, 0.5) is 0 Å². The molecule has 0 rings (SSSR count). The Labute approximate surface area is 71.5 Å². The molecule has 0 spiro atoms.